The van der Waals surface area contributed by atoms with Crippen molar-refractivity contribution in [3.8, 4) is 5.75 Å². The summed E-state index contributed by atoms with van der Waals surface area (Å²) in [5.41, 5.74) is 8.09. The summed E-state index contributed by atoms with van der Waals surface area (Å²) in [5.74, 6) is -2.20. The van der Waals surface area contributed by atoms with E-state index in [4.69, 9.17) is 10.8 Å². The Hall–Kier alpha value is -4.22. The van der Waals surface area contributed by atoms with E-state index in [1.807, 2.05) is 6.08 Å². The van der Waals surface area contributed by atoms with Crippen molar-refractivity contribution in [1.82, 2.24) is 21.3 Å². The molecule has 0 spiro atoms. The summed E-state index contributed by atoms with van der Waals surface area (Å²) in [7, 11) is 0. The summed E-state index contributed by atoms with van der Waals surface area (Å²) in [4.78, 5) is 49.9. The number of allylic oxidation sites excluding steroid dienone is 1. The van der Waals surface area contributed by atoms with Crippen LogP contribution in [0, 0.1) is 0 Å². The van der Waals surface area contributed by atoms with E-state index >= 15 is 0 Å². The molecule has 3 amide bonds. The number of rotatable bonds is 7. The summed E-state index contributed by atoms with van der Waals surface area (Å²) in [6.45, 7) is 0.371. The van der Waals surface area contributed by atoms with Crippen molar-refractivity contribution in [3.05, 3.63) is 77.4 Å². The molecule has 1 heterocycles. The van der Waals surface area contributed by atoms with Crippen molar-refractivity contribution in [2.75, 3.05) is 6.54 Å². The van der Waals surface area contributed by atoms with Gasteiger partial charge in [-0.25, -0.2) is 0 Å². The SMILES string of the molecule is N[C@H]1CC/C=C\CN[C@H](C(=O)NCc2ccccc2CC(=O)O)NC(=O)C[C@H](Cc2ccc(O)cc2)NC1=O. The standard InChI is InChI=1S/C28H35N5O6/c29-23-8-2-1-5-13-30-26(28(39)31-17-20-7-4-3-6-19(20)15-25(36)37)33-24(35)16-21(32-27(23)38)14-18-9-11-22(34)12-10-18/h1,3-7,9-12,21,23,26,30,34H,2,8,13-17,29H2,(H,31,39)(H,32,38)(H,33,35)(H,36,37)/b5-1-/t21-,23-,26-/m0/s1. The highest BCUT2D eigenvalue weighted by Crippen LogP contribution is 2.13. The lowest BCUT2D eigenvalue weighted by molar-refractivity contribution is -0.136. The maximum atomic E-state index is 13.1. The van der Waals surface area contributed by atoms with Crippen molar-refractivity contribution in [1.29, 1.82) is 0 Å². The summed E-state index contributed by atoms with van der Waals surface area (Å²) < 4.78 is 0. The molecule has 0 fully saturated rings. The van der Waals surface area contributed by atoms with Crippen LogP contribution in [-0.4, -0.2) is 58.7 Å². The lowest BCUT2D eigenvalue weighted by Gasteiger charge is -2.24. The number of aromatic hydroxyl groups is 1. The minimum absolute atomic E-state index is 0.0869. The quantitative estimate of drug-likeness (QED) is 0.249. The molecule has 11 heteroatoms. The van der Waals surface area contributed by atoms with Crippen LogP contribution in [0.3, 0.4) is 0 Å². The predicted octanol–water partition coefficient (Wildman–Crippen LogP) is 0.462. The highest BCUT2D eigenvalue weighted by molar-refractivity contribution is 5.88. The van der Waals surface area contributed by atoms with Gasteiger partial charge in [-0.15, -0.1) is 0 Å². The fourth-order valence-corrected chi connectivity index (χ4v) is 4.20. The molecule has 8 N–H and O–H groups in total. The number of carbonyl (C=O) groups is 4. The highest BCUT2D eigenvalue weighted by Gasteiger charge is 2.25. The Labute approximate surface area is 226 Å². The van der Waals surface area contributed by atoms with E-state index in [2.05, 4.69) is 21.3 Å². The van der Waals surface area contributed by atoms with Gasteiger partial charge in [0, 0.05) is 25.6 Å². The van der Waals surface area contributed by atoms with Crippen molar-refractivity contribution < 1.29 is 29.4 Å². The van der Waals surface area contributed by atoms with Gasteiger partial charge < -0.3 is 31.9 Å². The number of amides is 3. The summed E-state index contributed by atoms with van der Waals surface area (Å²) in [5, 5.41) is 30.0. The number of aliphatic carboxylic acids is 1. The zero-order chi connectivity index (χ0) is 28.2. The van der Waals surface area contributed by atoms with Crippen LogP contribution in [-0.2, 0) is 38.6 Å². The third kappa shape index (κ3) is 9.87. The Morgan fingerprint density at radius 1 is 1.00 bits per heavy atom. The fourth-order valence-electron chi connectivity index (χ4n) is 4.20. The molecule has 3 rings (SSSR count). The third-order valence-electron chi connectivity index (χ3n) is 6.26. The molecule has 0 bridgehead atoms. The molecule has 1 aliphatic heterocycles. The first-order valence-electron chi connectivity index (χ1n) is 12.8. The van der Waals surface area contributed by atoms with Gasteiger partial charge in [-0.05, 0) is 48.1 Å². The number of nitrogens with two attached hydrogens (primary N) is 1. The van der Waals surface area contributed by atoms with E-state index in [1.165, 1.54) is 12.1 Å². The summed E-state index contributed by atoms with van der Waals surface area (Å²) >= 11 is 0. The van der Waals surface area contributed by atoms with Crippen LogP contribution in [0.25, 0.3) is 0 Å². The monoisotopic (exact) mass is 537 g/mol. The smallest absolute Gasteiger partial charge is 0.307 e. The average molecular weight is 538 g/mol. The molecule has 1 aliphatic rings. The molecule has 0 unspecified atom stereocenters. The van der Waals surface area contributed by atoms with E-state index in [-0.39, 0.29) is 37.6 Å². The zero-order valence-electron chi connectivity index (χ0n) is 21.6. The third-order valence-corrected chi connectivity index (χ3v) is 6.26. The normalized spacial score (nSPS) is 21.6. The Balaban J connectivity index is 1.72. The Bertz CT molecular complexity index is 1180. The first-order chi connectivity index (χ1) is 18.7. The van der Waals surface area contributed by atoms with Gasteiger partial charge in [0.25, 0.3) is 5.91 Å². The van der Waals surface area contributed by atoms with Crippen LogP contribution in [0.4, 0.5) is 0 Å². The number of phenols is 1. The highest BCUT2D eigenvalue weighted by atomic mass is 16.4. The van der Waals surface area contributed by atoms with Crippen LogP contribution in [0.2, 0.25) is 0 Å². The molecule has 11 nitrogen and oxygen atoms in total. The van der Waals surface area contributed by atoms with E-state index in [1.54, 1.807) is 42.5 Å². The summed E-state index contributed by atoms with van der Waals surface area (Å²) in [6, 6.07) is 12.0. The molecule has 0 aliphatic carbocycles. The topological polar surface area (TPSA) is 183 Å². The number of hydrogen-bond acceptors (Lipinski definition) is 7. The number of benzene rings is 2. The lowest BCUT2D eigenvalue weighted by atomic mass is 10.0. The molecular formula is C28H35N5O6. The second kappa shape index (κ2) is 14.6. The summed E-state index contributed by atoms with van der Waals surface area (Å²) in [6.07, 6.45) is 3.58. The Morgan fingerprint density at radius 2 is 1.72 bits per heavy atom. The number of carboxylic acids is 1. The molecule has 39 heavy (non-hydrogen) atoms. The van der Waals surface area contributed by atoms with Crippen molar-refractivity contribution in [3.63, 3.8) is 0 Å². The molecule has 0 saturated carbocycles. The van der Waals surface area contributed by atoms with E-state index in [9.17, 15) is 24.3 Å². The average Bonchev–Trinajstić information content (AvgIpc) is 2.89. The van der Waals surface area contributed by atoms with Gasteiger partial charge in [-0.1, -0.05) is 48.6 Å². The minimum atomic E-state index is -1.07. The van der Waals surface area contributed by atoms with Gasteiger partial charge in [-0.3, -0.25) is 24.5 Å². The molecule has 2 aromatic rings. The first kappa shape index (κ1) is 29.3. The lowest BCUT2D eigenvalue weighted by Crippen LogP contribution is -2.56. The van der Waals surface area contributed by atoms with Crippen LogP contribution >= 0.6 is 0 Å². The first-order valence-corrected chi connectivity index (χ1v) is 12.8. The Kier molecular flexibility index (Phi) is 11.0. The zero-order valence-corrected chi connectivity index (χ0v) is 21.6. The molecular weight excluding hydrogens is 502 g/mol. The largest absolute Gasteiger partial charge is 0.508 e. The maximum absolute atomic E-state index is 13.1. The minimum Gasteiger partial charge on any atom is -0.508 e. The second-order valence-electron chi connectivity index (χ2n) is 9.40. The van der Waals surface area contributed by atoms with E-state index < -0.39 is 36.0 Å². The van der Waals surface area contributed by atoms with Crippen LogP contribution < -0.4 is 27.0 Å². The second-order valence-corrected chi connectivity index (χ2v) is 9.40. The van der Waals surface area contributed by atoms with Gasteiger partial charge in [0.05, 0.1) is 12.5 Å². The molecule has 0 saturated heterocycles. The van der Waals surface area contributed by atoms with E-state index in [0.717, 1.165) is 5.56 Å². The molecule has 0 aromatic heterocycles. The van der Waals surface area contributed by atoms with Crippen LogP contribution in [0.5, 0.6) is 5.75 Å². The number of phenolic OH excluding ortho intramolecular Hbond substituents is 1. The van der Waals surface area contributed by atoms with Crippen molar-refractivity contribution >= 4 is 23.7 Å². The fraction of sp³-hybridized carbons (Fsp3) is 0.357. The maximum Gasteiger partial charge on any atom is 0.307 e. The number of nitrogens with one attached hydrogen (secondary N) is 4. The molecule has 0 radical (unpaired) electrons. The van der Waals surface area contributed by atoms with Crippen LogP contribution in [0.1, 0.15) is 36.0 Å². The van der Waals surface area contributed by atoms with Gasteiger partial charge in [0.2, 0.25) is 11.8 Å². The van der Waals surface area contributed by atoms with Gasteiger partial charge in [0.1, 0.15) is 5.75 Å². The molecule has 2 aromatic carbocycles. The van der Waals surface area contributed by atoms with Crippen LogP contribution in [0.15, 0.2) is 60.7 Å². The molecule has 3 atom stereocenters. The molecule has 208 valence electrons. The van der Waals surface area contributed by atoms with Gasteiger partial charge in [-0.2, -0.15) is 0 Å². The predicted molar refractivity (Wildman–Crippen MR) is 144 cm³/mol. The Morgan fingerprint density at radius 3 is 2.44 bits per heavy atom. The van der Waals surface area contributed by atoms with Crippen molar-refractivity contribution in [2.45, 2.75) is 56.9 Å². The van der Waals surface area contributed by atoms with Gasteiger partial charge >= 0.3 is 5.97 Å². The number of hydrogen-bond donors (Lipinski definition) is 7. The number of carboxylic acid groups (broad SMARTS) is 1. The van der Waals surface area contributed by atoms with Crippen molar-refractivity contribution in [2.24, 2.45) is 5.73 Å². The number of carbonyl (C=O) groups excluding carboxylic acids is 3. The van der Waals surface area contributed by atoms with Gasteiger partial charge in [0.15, 0.2) is 6.17 Å². The van der Waals surface area contributed by atoms with E-state index in [0.29, 0.717) is 30.4 Å².